The van der Waals surface area contributed by atoms with Crippen LogP contribution in [0.3, 0.4) is 0 Å². The minimum atomic E-state index is -4.69. The molecule has 0 spiro atoms. The van der Waals surface area contributed by atoms with Gasteiger partial charge in [-0.25, -0.2) is 4.79 Å². The van der Waals surface area contributed by atoms with Gasteiger partial charge in [-0.2, -0.15) is 14.0 Å². The molecular weight excluding hydrogens is 195 g/mol. The lowest BCUT2D eigenvalue weighted by Crippen LogP contribution is -2.58. The Morgan fingerprint density at radius 1 is 1.58 bits per heavy atom. The molecule has 8 heteroatoms. The fraction of sp³-hybridized carbons (Fsp3) is 0.750. The number of cyclic esters (lactones) is 2. The molecule has 1 fully saturated rings. The van der Waals surface area contributed by atoms with Gasteiger partial charge in [0.15, 0.2) is 0 Å². The molecule has 1 heterocycles. The molecule has 0 saturated carbocycles. The van der Waals surface area contributed by atoms with Crippen LogP contribution >= 0.6 is 0 Å². The summed E-state index contributed by atoms with van der Waals surface area (Å²) in [6, 6.07) is 0. The predicted octanol–water partition coefficient (Wildman–Crippen LogP) is -3.58. The first-order valence-corrected chi connectivity index (χ1v) is 4.02. The molecule has 0 bridgehead atoms. The SMILES string of the molecule is CC1COC(=O)O1.[O-][Cl+3]([O-])([O-])O. The summed E-state index contributed by atoms with van der Waals surface area (Å²) in [7, 11) is -4.69. The van der Waals surface area contributed by atoms with Crippen molar-refractivity contribution in [3.05, 3.63) is 0 Å². The summed E-state index contributed by atoms with van der Waals surface area (Å²) >= 11 is 0. The molecule has 72 valence electrons. The highest BCUT2D eigenvalue weighted by atomic mass is 35.7. The van der Waals surface area contributed by atoms with Crippen molar-refractivity contribution in [3.63, 3.8) is 0 Å². The second kappa shape index (κ2) is 4.43. The van der Waals surface area contributed by atoms with Gasteiger partial charge in [0, 0.05) is 0 Å². The average molecular weight is 203 g/mol. The van der Waals surface area contributed by atoms with E-state index in [4.69, 9.17) is 18.6 Å². The highest BCUT2D eigenvalue weighted by molar-refractivity contribution is 5.61. The summed E-state index contributed by atoms with van der Waals surface area (Å²) in [4.78, 5) is 10.0. The Morgan fingerprint density at radius 3 is 2.08 bits per heavy atom. The highest BCUT2D eigenvalue weighted by Gasteiger charge is 2.19. The second-order valence-electron chi connectivity index (χ2n) is 1.89. The monoisotopic (exact) mass is 202 g/mol. The van der Waals surface area contributed by atoms with E-state index in [1.807, 2.05) is 0 Å². The van der Waals surface area contributed by atoms with Crippen molar-refractivity contribution >= 4 is 6.16 Å². The Hall–Kier alpha value is -0.600. The topological polar surface area (TPSA) is 125 Å². The number of halogens is 1. The summed E-state index contributed by atoms with van der Waals surface area (Å²) in [5.74, 6) is 0. The molecule has 7 nitrogen and oxygen atoms in total. The molecule has 1 unspecified atom stereocenters. The van der Waals surface area contributed by atoms with Crippen molar-refractivity contribution in [2.24, 2.45) is 0 Å². The van der Waals surface area contributed by atoms with Gasteiger partial charge >= 0.3 is 6.16 Å². The maximum atomic E-state index is 10.0. The molecule has 0 radical (unpaired) electrons. The van der Waals surface area contributed by atoms with Crippen LogP contribution in [-0.4, -0.2) is 23.5 Å². The van der Waals surface area contributed by atoms with Crippen molar-refractivity contribution in [1.29, 1.82) is 0 Å². The maximum Gasteiger partial charge on any atom is 0.508 e. The van der Waals surface area contributed by atoms with Crippen LogP contribution in [0.1, 0.15) is 6.92 Å². The Kier molecular flexibility index (Phi) is 4.21. The molecule has 1 N–H and O–H groups in total. The predicted molar refractivity (Wildman–Crippen MR) is 24.1 cm³/mol. The van der Waals surface area contributed by atoms with Crippen LogP contribution in [0.2, 0.25) is 0 Å². The highest BCUT2D eigenvalue weighted by Crippen LogP contribution is 2.02. The molecule has 12 heavy (non-hydrogen) atoms. The molecule has 1 atom stereocenters. The quantitative estimate of drug-likeness (QED) is 0.403. The summed E-state index contributed by atoms with van der Waals surface area (Å²) in [6.07, 6.45) is -0.597. The van der Waals surface area contributed by atoms with Crippen molar-refractivity contribution < 1.29 is 43.1 Å². The van der Waals surface area contributed by atoms with Crippen LogP contribution in [0.5, 0.6) is 0 Å². The van der Waals surface area contributed by atoms with Gasteiger partial charge in [-0.05, 0) is 6.92 Å². The molecule has 0 aromatic rings. The molecule has 0 aromatic heterocycles. The number of carbonyl (C=O) groups excluding carboxylic acids is 1. The molecule has 1 aliphatic rings. The Labute approximate surface area is 69.9 Å². The first-order chi connectivity index (χ1) is 5.29. The van der Waals surface area contributed by atoms with E-state index in [2.05, 4.69) is 9.47 Å². The first-order valence-electron chi connectivity index (χ1n) is 2.75. The van der Waals surface area contributed by atoms with Gasteiger partial charge in [0.2, 0.25) is 0 Å². The van der Waals surface area contributed by atoms with Gasteiger partial charge in [0.1, 0.15) is 12.7 Å². The average Bonchev–Trinajstić information content (AvgIpc) is 2.09. The summed E-state index contributed by atoms with van der Waals surface area (Å²) in [5.41, 5.74) is 0. The summed E-state index contributed by atoms with van der Waals surface area (Å²) in [6.45, 7) is 2.18. The van der Waals surface area contributed by atoms with Crippen LogP contribution in [0.25, 0.3) is 0 Å². The smallest absolute Gasteiger partial charge is 0.430 e. The van der Waals surface area contributed by atoms with Gasteiger partial charge in [-0.15, -0.1) is 0 Å². The normalized spacial score (nSPS) is 22.1. The first kappa shape index (κ1) is 11.4. The Balaban J connectivity index is 0.000000217. The van der Waals surface area contributed by atoms with Crippen LogP contribution in [0.15, 0.2) is 0 Å². The van der Waals surface area contributed by atoms with Crippen LogP contribution in [0, 0.1) is 10.2 Å². The van der Waals surface area contributed by atoms with E-state index >= 15 is 0 Å². The van der Waals surface area contributed by atoms with Crippen molar-refractivity contribution in [1.82, 2.24) is 0 Å². The molecule has 0 aliphatic carbocycles. The van der Waals surface area contributed by atoms with E-state index in [1.165, 1.54) is 0 Å². The minimum absolute atomic E-state index is 0.0486. The molecule has 1 saturated heterocycles. The third-order valence-electron chi connectivity index (χ3n) is 0.733. The zero-order chi connectivity index (χ0) is 9.78. The third kappa shape index (κ3) is 9.40. The van der Waals surface area contributed by atoms with Crippen LogP contribution in [0.4, 0.5) is 4.79 Å². The second-order valence-corrected chi connectivity index (χ2v) is 2.68. The van der Waals surface area contributed by atoms with E-state index in [1.54, 1.807) is 6.92 Å². The summed E-state index contributed by atoms with van der Waals surface area (Å²) < 4.78 is 41.6. The Bertz CT molecular complexity index is 146. The zero-order valence-corrected chi connectivity index (χ0v) is 6.82. The molecule has 1 aliphatic heterocycles. The van der Waals surface area contributed by atoms with E-state index in [9.17, 15) is 4.79 Å². The van der Waals surface area contributed by atoms with Crippen molar-refractivity contribution in [2.75, 3.05) is 6.61 Å². The number of rotatable bonds is 0. The molecular formula is C4H7ClO7. The third-order valence-corrected chi connectivity index (χ3v) is 0.733. The number of ether oxygens (including phenoxy) is 2. The van der Waals surface area contributed by atoms with Crippen molar-refractivity contribution in [3.8, 4) is 0 Å². The molecule has 0 aromatic carbocycles. The largest absolute Gasteiger partial charge is 0.508 e. The lowest BCUT2D eigenvalue weighted by molar-refractivity contribution is -1.92. The van der Waals surface area contributed by atoms with Gasteiger partial charge < -0.3 is 9.47 Å². The van der Waals surface area contributed by atoms with Crippen LogP contribution in [-0.2, 0) is 9.47 Å². The number of carbonyl (C=O) groups is 1. The lowest BCUT2D eigenvalue weighted by Gasteiger charge is -2.03. The van der Waals surface area contributed by atoms with Crippen molar-refractivity contribution in [2.45, 2.75) is 13.0 Å². The number of hydrogen-bond donors (Lipinski definition) is 1. The van der Waals surface area contributed by atoms with Gasteiger partial charge in [-0.1, -0.05) is 0 Å². The molecule has 0 amide bonds. The summed E-state index contributed by atoms with van der Waals surface area (Å²) in [5, 5.41) is 0. The lowest BCUT2D eigenvalue weighted by atomic mass is 10.5. The van der Waals surface area contributed by atoms with Gasteiger partial charge in [-0.3, -0.25) is 0 Å². The van der Waals surface area contributed by atoms with E-state index in [-0.39, 0.29) is 6.10 Å². The van der Waals surface area contributed by atoms with E-state index < -0.39 is 16.4 Å². The van der Waals surface area contributed by atoms with E-state index in [0.29, 0.717) is 6.61 Å². The zero-order valence-electron chi connectivity index (χ0n) is 6.06. The van der Waals surface area contributed by atoms with E-state index in [0.717, 1.165) is 0 Å². The molecule has 1 rings (SSSR count). The standard InChI is InChI=1S/C4H6O3.ClHO4/c1-3-2-6-4(5)7-3;2-1(3,4)5/h3H,2H2,1H3;(H,2,3,4,5). The fourth-order valence-corrected chi connectivity index (χ4v) is 0.418. The van der Waals surface area contributed by atoms with Gasteiger partial charge in [0.05, 0.1) is 14.9 Å². The minimum Gasteiger partial charge on any atom is -0.430 e. The number of hydrogen-bond acceptors (Lipinski definition) is 7. The fourth-order valence-electron chi connectivity index (χ4n) is 0.418. The van der Waals surface area contributed by atoms with Gasteiger partial charge in [0.25, 0.3) is 0 Å². The Morgan fingerprint density at radius 2 is 2.00 bits per heavy atom. The maximum absolute atomic E-state index is 10.0. The van der Waals surface area contributed by atoms with Crippen LogP contribution < -0.4 is 14.0 Å².